The van der Waals surface area contributed by atoms with Crippen LogP contribution in [0.3, 0.4) is 0 Å². The van der Waals surface area contributed by atoms with Gasteiger partial charge in [0.1, 0.15) is 5.75 Å². The van der Waals surface area contributed by atoms with Gasteiger partial charge in [0.25, 0.3) is 0 Å². The van der Waals surface area contributed by atoms with E-state index in [1.165, 1.54) is 17.3 Å². The molecular weight excluding hydrogens is 358 g/mol. The number of rotatable bonds is 5. The van der Waals surface area contributed by atoms with Gasteiger partial charge < -0.3 is 5.11 Å². The first kappa shape index (κ1) is 18.9. The Kier molecular flexibility index (Phi) is 5.76. The number of carbonyl (C=O) groups is 1. The Morgan fingerprint density at radius 1 is 1.19 bits per heavy atom. The molecule has 138 valence electrons. The van der Waals surface area contributed by atoms with Crippen molar-refractivity contribution in [3.63, 3.8) is 0 Å². The maximum absolute atomic E-state index is 12.1. The number of phenols is 1. The zero-order chi connectivity index (χ0) is 19.4. The van der Waals surface area contributed by atoms with Crippen LogP contribution < -0.4 is 5.43 Å². The van der Waals surface area contributed by atoms with Gasteiger partial charge >= 0.3 is 0 Å². The van der Waals surface area contributed by atoms with E-state index in [-0.39, 0.29) is 17.4 Å². The number of aryl methyl sites for hydroxylation is 3. The van der Waals surface area contributed by atoms with Gasteiger partial charge in [-0.05, 0) is 68.3 Å². The molecule has 0 radical (unpaired) electrons. The summed E-state index contributed by atoms with van der Waals surface area (Å²) in [5, 5.41) is 14.3. The molecule has 1 heterocycles. The maximum atomic E-state index is 12.1. The molecule has 0 fully saturated rings. The standard InChI is InChI=1S/C21H21N3O2S/c1-13-8-14(2)21-18(9-13)19(10-15(3)23-21)27-12-20(26)24-22-11-16-4-6-17(25)7-5-16/h4-11,25H,12H2,1-3H3,(H,24,26). The summed E-state index contributed by atoms with van der Waals surface area (Å²) in [5.41, 5.74) is 7.55. The van der Waals surface area contributed by atoms with Crippen LogP contribution in [-0.2, 0) is 4.79 Å². The molecule has 0 aliphatic heterocycles. The van der Waals surface area contributed by atoms with Crippen molar-refractivity contribution < 1.29 is 9.90 Å². The average Bonchev–Trinajstić information content (AvgIpc) is 2.62. The fraction of sp³-hybridized carbons (Fsp3) is 0.190. The summed E-state index contributed by atoms with van der Waals surface area (Å²) < 4.78 is 0. The summed E-state index contributed by atoms with van der Waals surface area (Å²) in [7, 11) is 0. The monoisotopic (exact) mass is 379 g/mol. The SMILES string of the molecule is Cc1cc(C)c2nc(C)cc(SCC(=O)NN=Cc3ccc(O)cc3)c2c1. The van der Waals surface area contributed by atoms with Gasteiger partial charge in [-0.15, -0.1) is 11.8 Å². The van der Waals surface area contributed by atoms with Crippen molar-refractivity contribution in [3.8, 4) is 5.75 Å². The van der Waals surface area contributed by atoms with Crippen molar-refractivity contribution in [2.24, 2.45) is 5.10 Å². The molecule has 0 saturated carbocycles. The fourth-order valence-corrected chi connectivity index (χ4v) is 3.72. The quantitative estimate of drug-likeness (QED) is 0.397. The lowest BCUT2D eigenvalue weighted by Crippen LogP contribution is -2.19. The molecule has 27 heavy (non-hydrogen) atoms. The van der Waals surface area contributed by atoms with Crippen LogP contribution in [0.15, 0.2) is 52.5 Å². The Balaban J connectivity index is 1.67. The minimum Gasteiger partial charge on any atom is -0.508 e. The second-order valence-corrected chi connectivity index (χ2v) is 7.43. The van der Waals surface area contributed by atoms with Crippen molar-refractivity contribution in [1.29, 1.82) is 0 Å². The molecule has 0 saturated heterocycles. The van der Waals surface area contributed by atoms with Gasteiger partial charge in [-0.25, -0.2) is 5.43 Å². The average molecular weight is 379 g/mol. The van der Waals surface area contributed by atoms with E-state index in [2.05, 4.69) is 41.5 Å². The van der Waals surface area contributed by atoms with Gasteiger partial charge in [0.2, 0.25) is 5.91 Å². The number of nitrogens with zero attached hydrogens (tertiary/aromatic N) is 2. The zero-order valence-electron chi connectivity index (χ0n) is 15.5. The number of aromatic hydroxyl groups is 1. The summed E-state index contributed by atoms with van der Waals surface area (Å²) in [6, 6.07) is 12.8. The number of pyridine rings is 1. The van der Waals surface area contributed by atoms with Gasteiger partial charge in [0, 0.05) is 16.0 Å². The highest BCUT2D eigenvalue weighted by Gasteiger charge is 2.10. The summed E-state index contributed by atoms with van der Waals surface area (Å²) in [4.78, 5) is 17.8. The molecule has 0 atom stereocenters. The number of phenolic OH excluding ortho intramolecular Hbond substituents is 1. The Bertz CT molecular complexity index is 1010. The highest BCUT2D eigenvalue weighted by molar-refractivity contribution is 8.00. The van der Waals surface area contributed by atoms with Crippen LogP contribution in [0.25, 0.3) is 10.9 Å². The number of amides is 1. The lowest BCUT2D eigenvalue weighted by Gasteiger charge is -2.10. The van der Waals surface area contributed by atoms with Crippen LogP contribution in [0.2, 0.25) is 0 Å². The number of thioether (sulfide) groups is 1. The lowest BCUT2D eigenvalue weighted by atomic mass is 10.1. The van der Waals surface area contributed by atoms with E-state index in [0.29, 0.717) is 0 Å². The van der Waals surface area contributed by atoms with E-state index < -0.39 is 0 Å². The first-order valence-corrected chi connectivity index (χ1v) is 9.53. The van der Waals surface area contributed by atoms with E-state index in [1.807, 2.05) is 13.0 Å². The molecular formula is C21H21N3O2S. The van der Waals surface area contributed by atoms with Crippen molar-refractivity contribution in [2.45, 2.75) is 25.7 Å². The molecule has 6 heteroatoms. The highest BCUT2D eigenvalue weighted by Crippen LogP contribution is 2.30. The number of fused-ring (bicyclic) bond motifs is 1. The highest BCUT2D eigenvalue weighted by atomic mass is 32.2. The van der Waals surface area contributed by atoms with Gasteiger partial charge in [0.15, 0.2) is 0 Å². The number of carbonyl (C=O) groups excluding carboxylic acids is 1. The van der Waals surface area contributed by atoms with Crippen LogP contribution in [0.4, 0.5) is 0 Å². The van der Waals surface area contributed by atoms with Crippen molar-refractivity contribution >= 4 is 34.8 Å². The third-order valence-corrected chi connectivity index (χ3v) is 5.05. The van der Waals surface area contributed by atoms with Crippen molar-refractivity contribution in [1.82, 2.24) is 10.4 Å². The Labute approximate surface area is 162 Å². The number of hydrogen-bond donors (Lipinski definition) is 2. The smallest absolute Gasteiger partial charge is 0.250 e. The predicted molar refractivity (Wildman–Crippen MR) is 111 cm³/mol. The van der Waals surface area contributed by atoms with Crippen LogP contribution >= 0.6 is 11.8 Å². The fourth-order valence-electron chi connectivity index (χ4n) is 2.81. The largest absolute Gasteiger partial charge is 0.508 e. The molecule has 5 nitrogen and oxygen atoms in total. The Hall–Kier alpha value is -2.86. The minimum absolute atomic E-state index is 0.179. The molecule has 2 aromatic carbocycles. The zero-order valence-corrected chi connectivity index (χ0v) is 16.3. The number of hydrazone groups is 1. The number of benzene rings is 2. The first-order valence-electron chi connectivity index (χ1n) is 8.55. The van der Waals surface area contributed by atoms with Crippen LogP contribution in [0, 0.1) is 20.8 Å². The molecule has 0 bridgehead atoms. The van der Waals surface area contributed by atoms with E-state index in [0.717, 1.165) is 32.6 Å². The summed E-state index contributed by atoms with van der Waals surface area (Å²) in [5.74, 6) is 0.276. The minimum atomic E-state index is -0.179. The molecule has 0 aliphatic carbocycles. The second-order valence-electron chi connectivity index (χ2n) is 6.41. The number of hydrogen-bond acceptors (Lipinski definition) is 5. The van der Waals surface area contributed by atoms with Crippen molar-refractivity contribution in [2.75, 3.05) is 5.75 Å². The van der Waals surface area contributed by atoms with E-state index in [4.69, 9.17) is 0 Å². The molecule has 1 amide bonds. The molecule has 1 aromatic heterocycles. The van der Waals surface area contributed by atoms with E-state index >= 15 is 0 Å². The van der Waals surface area contributed by atoms with Crippen LogP contribution in [0.1, 0.15) is 22.4 Å². The second kappa shape index (κ2) is 8.22. The Morgan fingerprint density at radius 3 is 2.67 bits per heavy atom. The summed E-state index contributed by atoms with van der Waals surface area (Å²) in [6.45, 7) is 6.08. The normalized spacial score (nSPS) is 11.2. The molecule has 3 rings (SSSR count). The first-order chi connectivity index (χ1) is 12.9. The molecule has 0 spiro atoms. The number of aromatic nitrogens is 1. The van der Waals surface area contributed by atoms with Gasteiger partial charge in [0.05, 0.1) is 17.5 Å². The Morgan fingerprint density at radius 2 is 1.93 bits per heavy atom. The third kappa shape index (κ3) is 4.86. The summed E-state index contributed by atoms with van der Waals surface area (Å²) >= 11 is 1.48. The van der Waals surface area contributed by atoms with Gasteiger partial charge in [-0.3, -0.25) is 9.78 Å². The van der Waals surface area contributed by atoms with Crippen LogP contribution in [-0.4, -0.2) is 28.0 Å². The van der Waals surface area contributed by atoms with Gasteiger partial charge in [-0.2, -0.15) is 5.10 Å². The molecule has 0 unspecified atom stereocenters. The third-order valence-electron chi connectivity index (χ3n) is 3.99. The summed E-state index contributed by atoms with van der Waals surface area (Å²) in [6.07, 6.45) is 1.54. The molecule has 3 aromatic rings. The molecule has 2 N–H and O–H groups in total. The number of nitrogens with one attached hydrogen (secondary N) is 1. The predicted octanol–water partition coefficient (Wildman–Crippen LogP) is 4.11. The lowest BCUT2D eigenvalue weighted by molar-refractivity contribution is -0.118. The van der Waals surface area contributed by atoms with Crippen LogP contribution in [0.5, 0.6) is 5.75 Å². The molecule has 0 aliphatic rings. The van der Waals surface area contributed by atoms with Gasteiger partial charge in [-0.1, -0.05) is 11.6 Å². The van der Waals surface area contributed by atoms with E-state index in [1.54, 1.807) is 30.5 Å². The van der Waals surface area contributed by atoms with E-state index in [9.17, 15) is 9.90 Å². The topological polar surface area (TPSA) is 74.6 Å². The van der Waals surface area contributed by atoms with Crippen molar-refractivity contribution in [3.05, 3.63) is 64.8 Å². The maximum Gasteiger partial charge on any atom is 0.250 e.